The Hall–Kier alpha value is -1.52. The Morgan fingerprint density at radius 3 is 3.33 bits per heavy atom. The molecule has 9 heavy (non-hydrogen) atoms. The molecule has 2 heterocycles. The molecule has 0 saturated heterocycles. The second-order valence-corrected chi connectivity index (χ2v) is 1.52. The van der Waals surface area contributed by atoms with Gasteiger partial charge in [-0.2, -0.15) is 5.10 Å². The number of aromatic nitrogens is 5. The van der Waals surface area contributed by atoms with Crippen molar-refractivity contribution < 1.29 is 0 Å². The molecule has 0 unspecified atom stereocenters. The van der Waals surface area contributed by atoms with Gasteiger partial charge in [-0.15, -0.1) is 10.2 Å². The molecule has 2 aromatic heterocycles. The van der Waals surface area contributed by atoms with E-state index in [1.54, 1.807) is 16.9 Å². The Kier molecular flexibility index (Phi) is 0.717. The van der Waals surface area contributed by atoms with Crippen molar-refractivity contribution in [2.45, 2.75) is 0 Å². The maximum atomic E-state index is 3.85. The summed E-state index contributed by atoms with van der Waals surface area (Å²) in [4.78, 5) is 3.85. The van der Waals surface area contributed by atoms with E-state index in [9.17, 15) is 0 Å². The van der Waals surface area contributed by atoms with Crippen molar-refractivity contribution in [1.29, 1.82) is 0 Å². The maximum absolute atomic E-state index is 3.85. The highest BCUT2D eigenvalue weighted by molar-refractivity contribution is 5.20. The van der Waals surface area contributed by atoms with E-state index in [2.05, 4.69) is 20.3 Å². The highest BCUT2D eigenvalue weighted by Gasteiger charge is 1.89. The van der Waals surface area contributed by atoms with Crippen LogP contribution >= 0.6 is 0 Å². The Labute approximate surface area is 50.4 Å². The number of hydrogen-bond donors (Lipinski definition) is 0. The van der Waals surface area contributed by atoms with Gasteiger partial charge in [-0.1, -0.05) is 0 Å². The predicted octanol–water partition coefficient (Wildman–Crippen LogP) is -0.481. The molecule has 0 aromatic carbocycles. The van der Waals surface area contributed by atoms with Gasteiger partial charge in [-0.25, -0.2) is 9.50 Å². The van der Waals surface area contributed by atoms with Gasteiger partial charge in [-0.05, 0) is 0 Å². The van der Waals surface area contributed by atoms with Crippen LogP contribution in [0.4, 0.5) is 0 Å². The molecule has 0 saturated carbocycles. The Bertz CT molecular complexity index is 283. The third-order valence-corrected chi connectivity index (χ3v) is 0.978. The molecule has 0 radical (unpaired) electrons. The summed E-state index contributed by atoms with van der Waals surface area (Å²) in [6.45, 7) is 0. The Balaban J connectivity index is 2.95. The Morgan fingerprint density at radius 1 is 1.44 bits per heavy atom. The molecule has 44 valence electrons. The average molecular weight is 121 g/mol. The van der Waals surface area contributed by atoms with Crippen LogP contribution in [0.3, 0.4) is 0 Å². The molecule has 0 N–H and O–H groups in total. The van der Waals surface area contributed by atoms with E-state index in [-0.39, 0.29) is 0 Å². The van der Waals surface area contributed by atoms with Crippen molar-refractivity contribution in [3.63, 3.8) is 0 Å². The van der Waals surface area contributed by atoms with E-state index < -0.39 is 0 Å². The molecule has 0 fully saturated rings. The second-order valence-electron chi connectivity index (χ2n) is 1.52. The first-order valence-corrected chi connectivity index (χ1v) is 2.44. The summed E-state index contributed by atoms with van der Waals surface area (Å²) in [6.07, 6.45) is 4.70. The third kappa shape index (κ3) is 0.543. The van der Waals surface area contributed by atoms with Crippen LogP contribution in [-0.4, -0.2) is 24.8 Å². The molecule has 0 aliphatic rings. The van der Waals surface area contributed by atoms with Gasteiger partial charge in [0.25, 0.3) is 5.78 Å². The summed E-state index contributed by atoms with van der Waals surface area (Å²) >= 11 is 0. The van der Waals surface area contributed by atoms with Crippen LogP contribution in [-0.2, 0) is 0 Å². The molecule has 0 spiro atoms. The molecule has 2 rings (SSSR count). The minimum absolute atomic E-state index is 0.525. The molecule has 0 aliphatic heterocycles. The SMILES string of the molecule is c1cn2ncnnc2n1. The van der Waals surface area contributed by atoms with Gasteiger partial charge in [0.1, 0.15) is 0 Å². The first-order chi connectivity index (χ1) is 4.47. The van der Waals surface area contributed by atoms with Gasteiger partial charge in [0.15, 0.2) is 6.33 Å². The van der Waals surface area contributed by atoms with Gasteiger partial charge in [0, 0.05) is 6.20 Å². The first kappa shape index (κ1) is 4.37. The summed E-state index contributed by atoms with van der Waals surface area (Å²) in [6, 6.07) is 0. The number of rotatable bonds is 0. The van der Waals surface area contributed by atoms with Crippen molar-refractivity contribution in [3.05, 3.63) is 18.7 Å². The zero-order valence-electron chi connectivity index (χ0n) is 4.47. The number of fused-ring (bicyclic) bond motifs is 1. The molecular formula is C4H3N5. The summed E-state index contributed by atoms with van der Waals surface area (Å²) in [5.41, 5.74) is 0. The van der Waals surface area contributed by atoms with Gasteiger partial charge in [0.05, 0.1) is 6.20 Å². The van der Waals surface area contributed by atoms with Crippen molar-refractivity contribution in [1.82, 2.24) is 24.8 Å². The molecule has 0 bridgehead atoms. The monoisotopic (exact) mass is 121 g/mol. The van der Waals surface area contributed by atoms with Crippen molar-refractivity contribution >= 4 is 5.78 Å². The fraction of sp³-hybridized carbons (Fsp3) is 0. The lowest BCUT2D eigenvalue weighted by molar-refractivity contribution is 0.825. The summed E-state index contributed by atoms with van der Waals surface area (Å²) in [5.74, 6) is 0.525. The average Bonchev–Trinajstić information content (AvgIpc) is 2.33. The lowest BCUT2D eigenvalue weighted by Crippen LogP contribution is -1.93. The molecule has 2 aromatic rings. The van der Waals surface area contributed by atoms with Crippen LogP contribution in [0.2, 0.25) is 0 Å². The maximum Gasteiger partial charge on any atom is 0.270 e. The van der Waals surface area contributed by atoms with Crippen LogP contribution < -0.4 is 0 Å². The lowest BCUT2D eigenvalue weighted by atomic mass is 11.0. The van der Waals surface area contributed by atoms with Gasteiger partial charge in [-0.3, -0.25) is 0 Å². The van der Waals surface area contributed by atoms with Crippen LogP contribution in [0.5, 0.6) is 0 Å². The van der Waals surface area contributed by atoms with Crippen LogP contribution in [0.15, 0.2) is 18.7 Å². The van der Waals surface area contributed by atoms with Crippen LogP contribution in [0.1, 0.15) is 0 Å². The molecule has 0 aliphatic carbocycles. The lowest BCUT2D eigenvalue weighted by Gasteiger charge is -1.83. The number of imidazole rings is 1. The minimum atomic E-state index is 0.525. The quantitative estimate of drug-likeness (QED) is 0.472. The molecule has 0 atom stereocenters. The largest absolute Gasteiger partial charge is 0.270 e. The van der Waals surface area contributed by atoms with E-state index >= 15 is 0 Å². The minimum Gasteiger partial charge on any atom is -0.217 e. The predicted molar refractivity (Wildman–Crippen MR) is 28.6 cm³/mol. The zero-order valence-corrected chi connectivity index (χ0v) is 4.47. The third-order valence-electron chi connectivity index (χ3n) is 0.978. The fourth-order valence-electron chi connectivity index (χ4n) is 0.607. The molecule has 0 amide bonds. The second kappa shape index (κ2) is 1.48. The van der Waals surface area contributed by atoms with Crippen LogP contribution in [0, 0.1) is 0 Å². The smallest absolute Gasteiger partial charge is 0.217 e. The van der Waals surface area contributed by atoms with E-state index in [1.165, 1.54) is 6.33 Å². The van der Waals surface area contributed by atoms with E-state index in [0.717, 1.165) is 0 Å². The fourth-order valence-corrected chi connectivity index (χ4v) is 0.607. The number of hydrogen-bond acceptors (Lipinski definition) is 4. The van der Waals surface area contributed by atoms with Crippen molar-refractivity contribution in [2.75, 3.05) is 0 Å². The molecule has 5 nitrogen and oxygen atoms in total. The molecular weight excluding hydrogens is 118 g/mol. The van der Waals surface area contributed by atoms with E-state index in [0.29, 0.717) is 5.78 Å². The highest BCUT2D eigenvalue weighted by atomic mass is 15.4. The summed E-state index contributed by atoms with van der Waals surface area (Å²) in [5, 5.41) is 11.0. The van der Waals surface area contributed by atoms with Gasteiger partial charge >= 0.3 is 0 Å². The van der Waals surface area contributed by atoms with E-state index in [1.807, 2.05) is 0 Å². The summed E-state index contributed by atoms with van der Waals surface area (Å²) in [7, 11) is 0. The van der Waals surface area contributed by atoms with Gasteiger partial charge in [0.2, 0.25) is 0 Å². The first-order valence-electron chi connectivity index (χ1n) is 2.44. The Morgan fingerprint density at radius 2 is 2.44 bits per heavy atom. The zero-order chi connectivity index (χ0) is 6.10. The van der Waals surface area contributed by atoms with Gasteiger partial charge < -0.3 is 0 Å². The highest BCUT2D eigenvalue weighted by Crippen LogP contribution is 1.86. The van der Waals surface area contributed by atoms with Crippen molar-refractivity contribution in [3.8, 4) is 0 Å². The summed E-state index contributed by atoms with van der Waals surface area (Å²) < 4.78 is 1.55. The number of nitrogens with zero attached hydrogens (tertiary/aromatic N) is 5. The normalized spacial score (nSPS) is 10.2. The van der Waals surface area contributed by atoms with Crippen LogP contribution in [0.25, 0.3) is 5.78 Å². The topological polar surface area (TPSA) is 56.0 Å². The van der Waals surface area contributed by atoms with E-state index in [4.69, 9.17) is 0 Å². The van der Waals surface area contributed by atoms with Crippen molar-refractivity contribution in [2.24, 2.45) is 0 Å². The molecule has 5 heteroatoms. The standard InChI is InChI=1S/C4H3N5/c1-2-9-4(5-1)8-6-3-7-9/h1-3H.